The van der Waals surface area contributed by atoms with Crippen LogP contribution in [0.1, 0.15) is 20.8 Å². The zero-order valence-corrected chi connectivity index (χ0v) is 16.3. The third-order valence-electron chi connectivity index (χ3n) is 4.21. The lowest BCUT2D eigenvalue weighted by molar-refractivity contribution is -0.389. The number of benzene rings is 1. The fraction of sp³-hybridized carbons (Fsp3) is 0.105. The van der Waals surface area contributed by atoms with Gasteiger partial charge in [0, 0.05) is 17.8 Å². The quantitative estimate of drug-likeness (QED) is 0.359. The van der Waals surface area contributed by atoms with Crippen LogP contribution in [0.4, 0.5) is 16.0 Å². The highest BCUT2D eigenvalue weighted by atomic mass is 32.1. The van der Waals surface area contributed by atoms with E-state index < -0.39 is 4.92 Å². The van der Waals surface area contributed by atoms with Gasteiger partial charge in [-0.25, -0.2) is 4.39 Å². The monoisotopic (exact) mass is 426 g/mol. The van der Waals surface area contributed by atoms with Gasteiger partial charge in [-0.2, -0.15) is 9.78 Å². The number of nitrogens with one attached hydrogen (secondary N) is 1. The van der Waals surface area contributed by atoms with Crippen molar-refractivity contribution in [1.82, 2.24) is 19.6 Å². The van der Waals surface area contributed by atoms with E-state index in [0.717, 1.165) is 5.56 Å². The van der Waals surface area contributed by atoms with Gasteiger partial charge in [-0.05, 0) is 28.0 Å². The molecule has 0 saturated heterocycles. The molecule has 30 heavy (non-hydrogen) atoms. The maximum atomic E-state index is 13.8. The summed E-state index contributed by atoms with van der Waals surface area (Å²) in [5.74, 6) is -0.510. The number of halogens is 1. The molecule has 4 rings (SSSR count). The van der Waals surface area contributed by atoms with Gasteiger partial charge in [-0.3, -0.25) is 9.48 Å². The molecular formula is C19H15FN6O3S. The average molecular weight is 426 g/mol. The Morgan fingerprint density at radius 3 is 2.67 bits per heavy atom. The van der Waals surface area contributed by atoms with Gasteiger partial charge in [0.1, 0.15) is 5.82 Å². The maximum absolute atomic E-state index is 13.8. The molecule has 0 bridgehead atoms. The fourth-order valence-electron chi connectivity index (χ4n) is 2.80. The summed E-state index contributed by atoms with van der Waals surface area (Å²) in [6, 6.07) is 11.1. The molecule has 0 aliphatic rings. The number of hydrogen-bond donors (Lipinski definition) is 1. The molecule has 4 aromatic rings. The van der Waals surface area contributed by atoms with Crippen molar-refractivity contribution in [3.63, 3.8) is 0 Å². The highest BCUT2D eigenvalue weighted by molar-refractivity contribution is 7.12. The standard InChI is InChI=1S/C19H15FN6O3S/c20-15-4-2-1-3-14(15)11-25-7-5-17(22-25)21-19(27)16-9-13(12-30-16)10-24-8-6-18(23-24)26(28)29/h1-9,12H,10-11H2,(H,21,22,27). The first kappa shape index (κ1) is 19.5. The fourth-order valence-corrected chi connectivity index (χ4v) is 3.59. The van der Waals surface area contributed by atoms with Crippen molar-refractivity contribution in [2.75, 3.05) is 5.32 Å². The van der Waals surface area contributed by atoms with Crippen LogP contribution in [-0.4, -0.2) is 30.4 Å². The Hall–Kier alpha value is -3.86. The predicted octanol–water partition coefficient (Wildman–Crippen LogP) is 3.54. The number of carbonyl (C=O) groups is 1. The number of hydrogen-bond acceptors (Lipinski definition) is 6. The Morgan fingerprint density at radius 2 is 1.90 bits per heavy atom. The van der Waals surface area contributed by atoms with Crippen molar-refractivity contribution < 1.29 is 14.1 Å². The Balaban J connectivity index is 1.38. The Labute approximate surface area is 173 Å². The maximum Gasteiger partial charge on any atom is 0.389 e. The first-order chi connectivity index (χ1) is 14.5. The summed E-state index contributed by atoms with van der Waals surface area (Å²) in [5, 5.41) is 23.3. The second-order valence-electron chi connectivity index (χ2n) is 6.39. The van der Waals surface area contributed by atoms with E-state index in [4.69, 9.17) is 0 Å². The minimum absolute atomic E-state index is 0.228. The van der Waals surface area contributed by atoms with E-state index in [2.05, 4.69) is 15.5 Å². The number of anilines is 1. The molecule has 1 amide bonds. The van der Waals surface area contributed by atoms with E-state index in [0.29, 0.717) is 22.8 Å². The molecule has 0 aliphatic carbocycles. The molecule has 0 atom stereocenters. The number of rotatable bonds is 7. The summed E-state index contributed by atoms with van der Waals surface area (Å²) in [6.07, 6.45) is 3.17. The normalized spacial score (nSPS) is 10.8. The van der Waals surface area contributed by atoms with Crippen molar-refractivity contribution >= 4 is 28.9 Å². The number of nitrogens with zero attached hydrogens (tertiary/aromatic N) is 5. The topological polar surface area (TPSA) is 108 Å². The molecule has 3 heterocycles. The Morgan fingerprint density at radius 1 is 1.13 bits per heavy atom. The molecule has 0 radical (unpaired) electrons. The number of nitro groups is 1. The van der Waals surface area contributed by atoms with Crippen LogP contribution >= 0.6 is 11.3 Å². The van der Waals surface area contributed by atoms with Crippen LogP contribution in [0.3, 0.4) is 0 Å². The zero-order valence-electron chi connectivity index (χ0n) is 15.4. The van der Waals surface area contributed by atoms with Gasteiger partial charge >= 0.3 is 5.82 Å². The van der Waals surface area contributed by atoms with Crippen molar-refractivity contribution in [2.24, 2.45) is 0 Å². The van der Waals surface area contributed by atoms with Crippen LogP contribution in [-0.2, 0) is 13.1 Å². The van der Waals surface area contributed by atoms with Crippen LogP contribution in [0, 0.1) is 15.9 Å². The minimum atomic E-state index is -0.561. The largest absolute Gasteiger partial charge is 0.389 e. The molecule has 0 fully saturated rings. The average Bonchev–Trinajstić information content (AvgIpc) is 3.45. The van der Waals surface area contributed by atoms with Gasteiger partial charge in [0.15, 0.2) is 5.82 Å². The van der Waals surface area contributed by atoms with Crippen LogP contribution < -0.4 is 5.32 Å². The van der Waals surface area contributed by atoms with Crippen molar-refractivity contribution in [1.29, 1.82) is 0 Å². The first-order valence-electron chi connectivity index (χ1n) is 8.81. The van der Waals surface area contributed by atoms with E-state index in [1.807, 2.05) is 0 Å². The third-order valence-corrected chi connectivity index (χ3v) is 5.19. The highest BCUT2D eigenvalue weighted by Crippen LogP contribution is 2.18. The van der Waals surface area contributed by atoms with Crippen molar-refractivity contribution in [3.8, 4) is 0 Å². The smallest absolute Gasteiger partial charge is 0.358 e. The number of thiophene rings is 1. The summed E-state index contributed by atoms with van der Waals surface area (Å²) >= 11 is 1.25. The van der Waals surface area contributed by atoms with Crippen molar-refractivity contribution in [2.45, 2.75) is 13.1 Å². The Bertz CT molecular complexity index is 1210. The molecule has 9 nitrogen and oxygen atoms in total. The van der Waals surface area contributed by atoms with Crippen molar-refractivity contribution in [3.05, 3.63) is 92.2 Å². The van der Waals surface area contributed by atoms with Crippen LogP contribution in [0.5, 0.6) is 0 Å². The second-order valence-corrected chi connectivity index (χ2v) is 7.30. The van der Waals surface area contributed by atoms with Gasteiger partial charge in [-0.1, -0.05) is 18.2 Å². The highest BCUT2D eigenvalue weighted by Gasteiger charge is 2.14. The van der Waals surface area contributed by atoms with E-state index in [9.17, 15) is 19.3 Å². The summed E-state index contributed by atoms with van der Waals surface area (Å²) in [7, 11) is 0. The summed E-state index contributed by atoms with van der Waals surface area (Å²) in [5.41, 5.74) is 1.30. The van der Waals surface area contributed by atoms with Gasteiger partial charge in [0.2, 0.25) is 0 Å². The van der Waals surface area contributed by atoms with Gasteiger partial charge in [0.05, 0.1) is 35.3 Å². The molecule has 152 valence electrons. The van der Waals surface area contributed by atoms with Gasteiger partial charge in [-0.15, -0.1) is 11.3 Å². The molecule has 11 heteroatoms. The molecular weight excluding hydrogens is 411 g/mol. The minimum Gasteiger partial charge on any atom is -0.358 e. The van der Waals surface area contributed by atoms with Crippen LogP contribution in [0.15, 0.2) is 60.2 Å². The second kappa shape index (κ2) is 8.25. The summed E-state index contributed by atoms with van der Waals surface area (Å²) < 4.78 is 16.7. The van der Waals surface area contributed by atoms with Crippen LogP contribution in [0.2, 0.25) is 0 Å². The zero-order chi connectivity index (χ0) is 21.1. The predicted molar refractivity (Wildman–Crippen MR) is 108 cm³/mol. The number of amides is 1. The number of carbonyl (C=O) groups excluding carboxylic acids is 1. The van der Waals surface area contributed by atoms with E-state index in [1.165, 1.54) is 34.3 Å². The molecule has 1 N–H and O–H groups in total. The molecule has 0 spiro atoms. The van der Waals surface area contributed by atoms with Gasteiger partial charge < -0.3 is 15.4 Å². The van der Waals surface area contributed by atoms with E-state index >= 15 is 0 Å². The lowest BCUT2D eigenvalue weighted by Crippen LogP contribution is -2.11. The molecule has 0 unspecified atom stereocenters. The van der Waals surface area contributed by atoms with E-state index in [1.54, 1.807) is 46.6 Å². The van der Waals surface area contributed by atoms with Crippen LogP contribution in [0.25, 0.3) is 0 Å². The summed E-state index contributed by atoms with van der Waals surface area (Å²) in [6.45, 7) is 0.566. The van der Waals surface area contributed by atoms with E-state index in [-0.39, 0.29) is 24.1 Å². The molecule has 1 aromatic carbocycles. The molecule has 0 aliphatic heterocycles. The van der Waals surface area contributed by atoms with Gasteiger partial charge in [0.25, 0.3) is 5.91 Å². The SMILES string of the molecule is O=C(Nc1ccn(Cc2ccccc2F)n1)c1cc(Cn2ccc([N+](=O)[O-])n2)cs1. The first-order valence-corrected chi connectivity index (χ1v) is 9.69. The molecule has 3 aromatic heterocycles. The lowest BCUT2D eigenvalue weighted by Gasteiger charge is -2.03. The lowest BCUT2D eigenvalue weighted by atomic mass is 10.2. The molecule has 0 saturated carbocycles. The third kappa shape index (κ3) is 4.41. The Kier molecular flexibility index (Phi) is 5.35. The number of aromatic nitrogens is 4. The summed E-state index contributed by atoms with van der Waals surface area (Å²) in [4.78, 5) is 23.1.